The smallest absolute Gasteiger partial charge is 0.344 e. The molecule has 0 amide bonds. The van der Waals surface area contributed by atoms with E-state index in [1.807, 2.05) is 6.07 Å². The summed E-state index contributed by atoms with van der Waals surface area (Å²) in [6, 6.07) is 7.14. The molecule has 0 saturated carbocycles. The van der Waals surface area contributed by atoms with Gasteiger partial charge in [0.15, 0.2) is 0 Å². The minimum Gasteiger partial charge on any atom is -0.478 e. The van der Waals surface area contributed by atoms with Crippen LogP contribution in [0.3, 0.4) is 0 Å². The van der Waals surface area contributed by atoms with E-state index in [2.05, 4.69) is 30.7 Å². The number of aromatic nitrogens is 2. The first kappa shape index (κ1) is 27.9. The van der Waals surface area contributed by atoms with Crippen molar-refractivity contribution in [2.45, 2.75) is 104 Å². The fourth-order valence-corrected chi connectivity index (χ4v) is 4.45. The van der Waals surface area contributed by atoms with Crippen LogP contribution in [0.15, 0.2) is 52.1 Å². The summed E-state index contributed by atoms with van der Waals surface area (Å²) < 4.78 is 11.3. The van der Waals surface area contributed by atoms with E-state index in [0.29, 0.717) is 29.0 Å². The number of ether oxygens (including phenoxy) is 1. The van der Waals surface area contributed by atoms with Crippen LogP contribution in [0.5, 0.6) is 5.88 Å². The third-order valence-corrected chi connectivity index (χ3v) is 7.27. The van der Waals surface area contributed by atoms with Crippen molar-refractivity contribution >= 4 is 11.0 Å². The van der Waals surface area contributed by atoms with Crippen LogP contribution >= 0.6 is 0 Å². The lowest BCUT2D eigenvalue weighted by atomic mass is 9.84. The van der Waals surface area contributed by atoms with Crippen LogP contribution in [0, 0.1) is 5.41 Å². The van der Waals surface area contributed by atoms with Crippen molar-refractivity contribution < 1.29 is 9.15 Å². The van der Waals surface area contributed by atoms with E-state index in [1.165, 1.54) is 77.0 Å². The molecule has 0 spiro atoms. The predicted molar refractivity (Wildman–Crippen MR) is 148 cm³/mol. The molecule has 36 heavy (non-hydrogen) atoms. The summed E-state index contributed by atoms with van der Waals surface area (Å²) in [5.74, 6) is 0.498. The molecule has 0 aliphatic carbocycles. The maximum Gasteiger partial charge on any atom is 0.344 e. The monoisotopic (exact) mass is 492 g/mol. The third kappa shape index (κ3) is 9.40. The molecular formula is C31H44N2O3. The average molecular weight is 493 g/mol. The Morgan fingerprint density at radius 2 is 1.56 bits per heavy atom. The normalized spacial score (nSPS) is 11.8. The zero-order valence-electron chi connectivity index (χ0n) is 22.6. The van der Waals surface area contributed by atoms with E-state index in [4.69, 9.17) is 9.15 Å². The van der Waals surface area contributed by atoms with Gasteiger partial charge < -0.3 is 9.15 Å². The predicted octanol–water partition coefficient (Wildman–Crippen LogP) is 8.75. The van der Waals surface area contributed by atoms with Crippen LogP contribution in [0.25, 0.3) is 22.1 Å². The second-order valence-corrected chi connectivity index (χ2v) is 10.8. The van der Waals surface area contributed by atoms with Gasteiger partial charge in [0.05, 0.1) is 12.2 Å². The third-order valence-electron chi connectivity index (χ3n) is 7.27. The van der Waals surface area contributed by atoms with Gasteiger partial charge in [-0.25, -0.2) is 9.78 Å². The molecular weight excluding hydrogens is 448 g/mol. The first-order valence-corrected chi connectivity index (χ1v) is 14.0. The second kappa shape index (κ2) is 14.8. The Bertz CT molecular complexity index is 1090. The quantitative estimate of drug-likeness (QED) is 0.176. The van der Waals surface area contributed by atoms with Crippen molar-refractivity contribution in [2.75, 3.05) is 6.61 Å². The van der Waals surface area contributed by atoms with Crippen LogP contribution in [0.4, 0.5) is 0 Å². The first-order valence-electron chi connectivity index (χ1n) is 14.0. The molecule has 5 nitrogen and oxygen atoms in total. The van der Waals surface area contributed by atoms with Gasteiger partial charge in [0.1, 0.15) is 5.58 Å². The molecule has 0 saturated heterocycles. The van der Waals surface area contributed by atoms with Gasteiger partial charge in [-0.15, -0.1) is 0 Å². The summed E-state index contributed by atoms with van der Waals surface area (Å²) in [6.45, 7) is 7.71. The topological polar surface area (TPSA) is 65.2 Å². The zero-order chi connectivity index (χ0) is 25.6. The number of hydrogen-bond acceptors (Lipinski definition) is 5. The van der Waals surface area contributed by atoms with Crippen molar-refractivity contribution in [3.63, 3.8) is 0 Å². The minimum atomic E-state index is -0.385. The van der Waals surface area contributed by atoms with Crippen LogP contribution in [0.1, 0.15) is 104 Å². The van der Waals surface area contributed by atoms with Crippen LogP contribution in [-0.4, -0.2) is 16.6 Å². The van der Waals surface area contributed by atoms with Crippen molar-refractivity contribution in [3.8, 4) is 17.0 Å². The summed E-state index contributed by atoms with van der Waals surface area (Å²) in [5.41, 5.74) is 1.85. The van der Waals surface area contributed by atoms with Gasteiger partial charge in [-0.05, 0) is 30.4 Å². The average Bonchev–Trinajstić information content (AvgIpc) is 2.89. The Hall–Kier alpha value is -2.69. The Morgan fingerprint density at radius 1 is 0.889 bits per heavy atom. The Labute approximate surface area is 216 Å². The SMILES string of the molecule is CCC(C)(C)CCCCCCCCCCCCCOc1cc2oc(=O)c(-c3cccnc3)cc2cn1. The van der Waals surface area contributed by atoms with E-state index in [0.717, 1.165) is 17.4 Å². The summed E-state index contributed by atoms with van der Waals surface area (Å²) in [6.07, 6.45) is 22.1. The lowest BCUT2D eigenvalue weighted by Crippen LogP contribution is -2.08. The Balaban J connectivity index is 1.24. The largest absolute Gasteiger partial charge is 0.478 e. The van der Waals surface area contributed by atoms with Gasteiger partial charge in [0.2, 0.25) is 5.88 Å². The molecule has 5 heteroatoms. The Kier molecular flexibility index (Phi) is 11.4. The molecule has 3 rings (SSSR count). The molecule has 196 valence electrons. The highest BCUT2D eigenvalue weighted by Crippen LogP contribution is 2.27. The van der Waals surface area contributed by atoms with Crippen LogP contribution in [-0.2, 0) is 0 Å². The number of unbranched alkanes of at least 4 members (excludes halogenated alkanes) is 10. The summed E-state index contributed by atoms with van der Waals surface area (Å²) in [7, 11) is 0. The molecule has 0 fully saturated rings. The lowest BCUT2D eigenvalue weighted by Gasteiger charge is -2.22. The fraction of sp³-hybridized carbons (Fsp3) is 0.581. The lowest BCUT2D eigenvalue weighted by molar-refractivity contribution is 0.293. The number of fused-ring (bicyclic) bond motifs is 1. The first-order chi connectivity index (χ1) is 17.5. The van der Waals surface area contributed by atoms with Crippen molar-refractivity contribution in [1.82, 2.24) is 9.97 Å². The molecule has 3 aromatic rings. The molecule has 0 aliphatic heterocycles. The molecule has 3 aromatic heterocycles. The van der Waals surface area contributed by atoms with E-state index < -0.39 is 0 Å². The molecule has 0 radical (unpaired) electrons. The standard InChI is InChI=1S/C31H44N2O3/c1-4-31(2,3)18-14-12-10-8-6-5-7-9-11-13-15-20-35-29-22-28-26(24-33-29)21-27(30(34)36-28)25-17-16-19-32-23-25/h16-17,19,21-24H,4-15,18,20H2,1-3H3. The van der Waals surface area contributed by atoms with Gasteiger partial charge in [-0.1, -0.05) is 97.5 Å². The molecule has 0 N–H and O–H groups in total. The zero-order valence-corrected chi connectivity index (χ0v) is 22.6. The second-order valence-electron chi connectivity index (χ2n) is 10.8. The summed E-state index contributed by atoms with van der Waals surface area (Å²) >= 11 is 0. The van der Waals surface area contributed by atoms with Crippen LogP contribution in [0.2, 0.25) is 0 Å². The highest BCUT2D eigenvalue weighted by molar-refractivity contribution is 5.81. The fourth-order valence-electron chi connectivity index (χ4n) is 4.45. The number of pyridine rings is 2. The number of hydrogen-bond donors (Lipinski definition) is 0. The van der Waals surface area contributed by atoms with Gasteiger partial charge in [0.25, 0.3) is 0 Å². The maximum absolute atomic E-state index is 12.4. The van der Waals surface area contributed by atoms with Crippen molar-refractivity contribution in [1.29, 1.82) is 0 Å². The van der Waals surface area contributed by atoms with E-state index in [-0.39, 0.29) is 5.63 Å². The highest BCUT2D eigenvalue weighted by Gasteiger charge is 2.13. The van der Waals surface area contributed by atoms with E-state index in [9.17, 15) is 4.79 Å². The van der Waals surface area contributed by atoms with E-state index in [1.54, 1.807) is 36.8 Å². The number of nitrogens with zero attached hydrogens (tertiary/aromatic N) is 2. The molecule has 0 aliphatic rings. The van der Waals surface area contributed by atoms with Crippen molar-refractivity contribution in [2.24, 2.45) is 5.41 Å². The van der Waals surface area contributed by atoms with Gasteiger partial charge in [-0.3, -0.25) is 4.98 Å². The molecule has 0 bridgehead atoms. The van der Waals surface area contributed by atoms with Crippen LogP contribution < -0.4 is 10.4 Å². The maximum atomic E-state index is 12.4. The molecule has 0 aromatic carbocycles. The minimum absolute atomic E-state index is 0.385. The van der Waals surface area contributed by atoms with Crippen molar-refractivity contribution in [3.05, 3.63) is 53.3 Å². The van der Waals surface area contributed by atoms with E-state index >= 15 is 0 Å². The summed E-state index contributed by atoms with van der Waals surface area (Å²) in [5, 5.41) is 0.765. The van der Waals surface area contributed by atoms with Gasteiger partial charge >= 0.3 is 5.63 Å². The molecule has 3 heterocycles. The summed E-state index contributed by atoms with van der Waals surface area (Å²) in [4.78, 5) is 20.9. The highest BCUT2D eigenvalue weighted by atomic mass is 16.5. The molecule has 0 unspecified atom stereocenters. The molecule has 0 atom stereocenters. The van der Waals surface area contributed by atoms with Gasteiger partial charge in [-0.2, -0.15) is 0 Å². The Morgan fingerprint density at radius 3 is 2.19 bits per heavy atom. The van der Waals surface area contributed by atoms with Gasteiger partial charge in [0, 0.05) is 35.6 Å². The number of rotatable bonds is 17.